The van der Waals surface area contributed by atoms with E-state index in [1.807, 2.05) is 32.0 Å². The topological polar surface area (TPSA) is 80.0 Å². The molecule has 2 rings (SSSR count). The number of anilines is 1. The number of rotatable bonds is 5. The molecule has 0 amide bonds. The van der Waals surface area contributed by atoms with Crippen LogP contribution in [0.5, 0.6) is 0 Å². The van der Waals surface area contributed by atoms with E-state index in [9.17, 15) is 4.79 Å². The van der Waals surface area contributed by atoms with Crippen LogP contribution in [0.1, 0.15) is 21.6 Å². The number of hydrogen-bond acceptors (Lipinski definition) is 4. The lowest BCUT2D eigenvalue weighted by atomic mass is 10.1. The standard InChI is InChI=1S/C14H16N4O2/c1-4-5-15-13-12(14(19)20)16-18(17-13)11-7-9(2)6-10(3)8-11/h4,6-8H,1,5H2,2-3H3,(H,15,17)(H,19,20). The highest BCUT2D eigenvalue weighted by Crippen LogP contribution is 2.16. The van der Waals surface area contributed by atoms with E-state index in [1.165, 1.54) is 4.80 Å². The van der Waals surface area contributed by atoms with Crippen molar-refractivity contribution in [2.45, 2.75) is 13.8 Å². The van der Waals surface area contributed by atoms with Crippen LogP contribution in [0.15, 0.2) is 30.9 Å². The first-order valence-corrected chi connectivity index (χ1v) is 6.15. The van der Waals surface area contributed by atoms with Crippen LogP contribution in [0.25, 0.3) is 5.69 Å². The minimum atomic E-state index is -1.12. The summed E-state index contributed by atoms with van der Waals surface area (Å²) in [6.07, 6.45) is 1.63. The Labute approximate surface area is 116 Å². The van der Waals surface area contributed by atoms with Gasteiger partial charge in [-0.25, -0.2) is 4.79 Å². The van der Waals surface area contributed by atoms with E-state index >= 15 is 0 Å². The fourth-order valence-electron chi connectivity index (χ4n) is 1.92. The van der Waals surface area contributed by atoms with E-state index in [0.717, 1.165) is 16.8 Å². The molecule has 0 saturated heterocycles. The largest absolute Gasteiger partial charge is 0.476 e. The minimum Gasteiger partial charge on any atom is -0.476 e. The lowest BCUT2D eigenvalue weighted by molar-refractivity contribution is 0.0691. The Morgan fingerprint density at radius 1 is 1.35 bits per heavy atom. The summed E-state index contributed by atoms with van der Waals surface area (Å²) in [6, 6.07) is 5.83. The maximum atomic E-state index is 11.2. The summed E-state index contributed by atoms with van der Waals surface area (Å²) in [7, 11) is 0. The normalized spacial score (nSPS) is 10.3. The van der Waals surface area contributed by atoms with Crippen molar-refractivity contribution in [1.29, 1.82) is 0 Å². The highest BCUT2D eigenvalue weighted by atomic mass is 16.4. The molecule has 0 spiro atoms. The summed E-state index contributed by atoms with van der Waals surface area (Å²) in [5, 5.41) is 20.2. The first-order valence-electron chi connectivity index (χ1n) is 6.15. The third-order valence-electron chi connectivity index (χ3n) is 2.67. The molecule has 20 heavy (non-hydrogen) atoms. The second-order valence-electron chi connectivity index (χ2n) is 4.51. The van der Waals surface area contributed by atoms with E-state index in [-0.39, 0.29) is 11.5 Å². The summed E-state index contributed by atoms with van der Waals surface area (Å²) < 4.78 is 0. The summed E-state index contributed by atoms with van der Waals surface area (Å²) in [6.45, 7) is 7.93. The van der Waals surface area contributed by atoms with Gasteiger partial charge in [0.15, 0.2) is 5.82 Å². The number of nitrogens with zero attached hydrogens (tertiary/aromatic N) is 3. The minimum absolute atomic E-state index is 0.106. The maximum absolute atomic E-state index is 11.2. The molecular formula is C14H16N4O2. The predicted octanol–water partition coefficient (Wildman–Crippen LogP) is 2.18. The van der Waals surface area contributed by atoms with E-state index in [1.54, 1.807) is 6.08 Å². The number of aromatic carboxylic acids is 1. The molecule has 0 unspecified atom stereocenters. The average molecular weight is 272 g/mol. The highest BCUT2D eigenvalue weighted by Gasteiger charge is 2.18. The Morgan fingerprint density at radius 2 is 2.00 bits per heavy atom. The molecule has 0 radical (unpaired) electrons. The van der Waals surface area contributed by atoms with E-state index < -0.39 is 5.97 Å². The molecule has 1 aromatic heterocycles. The molecule has 0 fully saturated rings. The lowest BCUT2D eigenvalue weighted by Gasteiger charge is -2.03. The number of hydrogen-bond donors (Lipinski definition) is 2. The first kappa shape index (κ1) is 13.8. The van der Waals surface area contributed by atoms with E-state index in [0.29, 0.717) is 6.54 Å². The number of carboxylic acid groups (broad SMARTS) is 1. The van der Waals surface area contributed by atoms with Gasteiger partial charge in [-0.05, 0) is 37.1 Å². The van der Waals surface area contributed by atoms with Crippen molar-refractivity contribution in [3.8, 4) is 5.69 Å². The SMILES string of the molecule is C=CCNc1nn(-c2cc(C)cc(C)c2)nc1C(=O)O. The van der Waals surface area contributed by atoms with Gasteiger partial charge in [-0.1, -0.05) is 12.1 Å². The fourth-order valence-corrected chi connectivity index (χ4v) is 1.92. The number of benzene rings is 1. The molecule has 0 aliphatic rings. The van der Waals surface area contributed by atoms with Crippen molar-refractivity contribution in [2.24, 2.45) is 0 Å². The lowest BCUT2D eigenvalue weighted by Crippen LogP contribution is -2.05. The number of nitrogens with one attached hydrogen (secondary N) is 1. The van der Waals surface area contributed by atoms with Crippen LogP contribution >= 0.6 is 0 Å². The van der Waals surface area contributed by atoms with Crippen LogP contribution in [0.4, 0.5) is 5.82 Å². The number of carboxylic acids is 1. The van der Waals surface area contributed by atoms with Gasteiger partial charge in [-0.2, -0.15) is 0 Å². The molecular weight excluding hydrogens is 256 g/mol. The van der Waals surface area contributed by atoms with Gasteiger partial charge < -0.3 is 10.4 Å². The molecule has 0 atom stereocenters. The third kappa shape index (κ3) is 2.85. The average Bonchev–Trinajstić information content (AvgIpc) is 2.79. The number of carbonyl (C=O) groups is 1. The van der Waals surface area contributed by atoms with E-state index in [2.05, 4.69) is 22.1 Å². The molecule has 0 aliphatic carbocycles. The van der Waals surface area contributed by atoms with Crippen molar-refractivity contribution < 1.29 is 9.90 Å². The zero-order valence-electron chi connectivity index (χ0n) is 11.4. The van der Waals surface area contributed by atoms with Crippen LogP contribution in [-0.2, 0) is 0 Å². The fraction of sp³-hybridized carbons (Fsp3) is 0.214. The quantitative estimate of drug-likeness (QED) is 0.815. The van der Waals surface area contributed by atoms with Crippen LogP contribution in [0.2, 0.25) is 0 Å². The van der Waals surface area contributed by atoms with Crippen molar-refractivity contribution >= 4 is 11.8 Å². The first-order chi connectivity index (χ1) is 9.51. The van der Waals surface area contributed by atoms with Gasteiger partial charge in [0, 0.05) is 6.54 Å². The Hall–Kier alpha value is -2.63. The Morgan fingerprint density at radius 3 is 2.55 bits per heavy atom. The van der Waals surface area contributed by atoms with Crippen LogP contribution in [0, 0.1) is 13.8 Å². The van der Waals surface area contributed by atoms with Gasteiger partial charge in [0.05, 0.1) is 5.69 Å². The van der Waals surface area contributed by atoms with Crippen molar-refractivity contribution in [3.05, 3.63) is 47.7 Å². The summed E-state index contributed by atoms with van der Waals surface area (Å²) in [5.41, 5.74) is 2.76. The molecule has 0 bridgehead atoms. The van der Waals surface area contributed by atoms with Crippen LogP contribution < -0.4 is 5.32 Å². The highest BCUT2D eigenvalue weighted by molar-refractivity contribution is 5.90. The van der Waals surface area contributed by atoms with Crippen LogP contribution in [0.3, 0.4) is 0 Å². The van der Waals surface area contributed by atoms with Gasteiger partial charge >= 0.3 is 5.97 Å². The van der Waals surface area contributed by atoms with Crippen LogP contribution in [-0.4, -0.2) is 32.6 Å². The predicted molar refractivity (Wildman–Crippen MR) is 76.5 cm³/mol. The second kappa shape index (κ2) is 5.56. The molecule has 2 N–H and O–H groups in total. The Balaban J connectivity index is 2.46. The number of aromatic nitrogens is 3. The zero-order valence-corrected chi connectivity index (χ0v) is 11.4. The molecule has 2 aromatic rings. The van der Waals surface area contributed by atoms with Gasteiger partial charge in [0.25, 0.3) is 0 Å². The Kier molecular flexibility index (Phi) is 3.84. The Bertz CT molecular complexity index is 641. The second-order valence-corrected chi connectivity index (χ2v) is 4.51. The van der Waals surface area contributed by atoms with Gasteiger partial charge in [0.2, 0.25) is 5.69 Å². The molecule has 6 nitrogen and oxygen atoms in total. The molecule has 6 heteroatoms. The van der Waals surface area contributed by atoms with Gasteiger partial charge in [0.1, 0.15) is 0 Å². The van der Waals surface area contributed by atoms with Crippen molar-refractivity contribution in [2.75, 3.05) is 11.9 Å². The summed E-state index contributed by atoms with van der Waals surface area (Å²) in [5.74, 6) is -0.885. The smallest absolute Gasteiger partial charge is 0.360 e. The van der Waals surface area contributed by atoms with Crippen molar-refractivity contribution in [1.82, 2.24) is 15.0 Å². The molecule has 1 aromatic carbocycles. The van der Waals surface area contributed by atoms with Gasteiger partial charge in [-0.15, -0.1) is 21.6 Å². The maximum Gasteiger partial charge on any atom is 0.360 e. The monoisotopic (exact) mass is 272 g/mol. The molecule has 1 heterocycles. The zero-order chi connectivity index (χ0) is 14.7. The summed E-state index contributed by atoms with van der Waals surface area (Å²) >= 11 is 0. The van der Waals surface area contributed by atoms with Crippen molar-refractivity contribution in [3.63, 3.8) is 0 Å². The number of aryl methyl sites for hydroxylation is 2. The summed E-state index contributed by atoms with van der Waals surface area (Å²) in [4.78, 5) is 12.5. The molecule has 0 saturated carbocycles. The molecule has 0 aliphatic heterocycles. The third-order valence-corrected chi connectivity index (χ3v) is 2.67. The van der Waals surface area contributed by atoms with Gasteiger partial charge in [-0.3, -0.25) is 0 Å². The molecule has 104 valence electrons. The van der Waals surface area contributed by atoms with E-state index in [4.69, 9.17) is 5.11 Å².